The fraction of sp³-hybridized carbons (Fsp3) is 0.696. The number of ether oxygens (including phenoxy) is 3. The van der Waals surface area contributed by atoms with E-state index in [0.717, 1.165) is 84.6 Å². The Kier molecular flexibility index (Phi) is 12.7. The van der Waals surface area contributed by atoms with E-state index in [0.29, 0.717) is 12.0 Å². The Morgan fingerprint density at radius 1 is 1.26 bits per heavy atom. The second-order valence-corrected chi connectivity index (χ2v) is 8.25. The molecular formula is C23H39IN4O3. The van der Waals surface area contributed by atoms with Crippen LogP contribution in [0.3, 0.4) is 0 Å². The standard InChI is InChI=1S/C23H38N4O3.HI/c1-19-15-27(9-12-30-19)16-21-6-3-5-20(13-21)14-26-23(24-2)25-8-4-10-28-17-22-7-11-29-18-22;/h3,5-6,13,19,22H,4,7-12,14-18H2,1-2H3,(H2,24,25,26);1H. The Labute approximate surface area is 204 Å². The summed E-state index contributed by atoms with van der Waals surface area (Å²) >= 11 is 0. The van der Waals surface area contributed by atoms with Gasteiger partial charge in [0, 0.05) is 58.9 Å². The summed E-state index contributed by atoms with van der Waals surface area (Å²) in [7, 11) is 1.81. The molecule has 176 valence electrons. The van der Waals surface area contributed by atoms with Crippen LogP contribution in [0.2, 0.25) is 0 Å². The van der Waals surface area contributed by atoms with Crippen LogP contribution in [0.1, 0.15) is 30.9 Å². The molecule has 1 aromatic rings. The lowest BCUT2D eigenvalue weighted by Crippen LogP contribution is -2.40. The first-order chi connectivity index (χ1) is 14.7. The Balaban J connectivity index is 0.00000341. The van der Waals surface area contributed by atoms with Crippen molar-refractivity contribution >= 4 is 29.9 Å². The van der Waals surface area contributed by atoms with E-state index in [1.165, 1.54) is 11.1 Å². The van der Waals surface area contributed by atoms with Crippen molar-refractivity contribution in [1.29, 1.82) is 0 Å². The minimum Gasteiger partial charge on any atom is -0.381 e. The zero-order valence-corrected chi connectivity index (χ0v) is 21.3. The van der Waals surface area contributed by atoms with Crippen LogP contribution in [0.15, 0.2) is 29.3 Å². The van der Waals surface area contributed by atoms with Gasteiger partial charge in [-0.3, -0.25) is 9.89 Å². The van der Waals surface area contributed by atoms with Crippen LogP contribution < -0.4 is 10.6 Å². The predicted molar refractivity (Wildman–Crippen MR) is 135 cm³/mol. The van der Waals surface area contributed by atoms with Crippen LogP contribution in [0, 0.1) is 5.92 Å². The van der Waals surface area contributed by atoms with Gasteiger partial charge in [0.2, 0.25) is 0 Å². The van der Waals surface area contributed by atoms with Crippen LogP contribution in [0.4, 0.5) is 0 Å². The highest BCUT2D eigenvalue weighted by Gasteiger charge is 2.17. The van der Waals surface area contributed by atoms with Crippen LogP contribution in [-0.2, 0) is 27.3 Å². The Bertz CT molecular complexity index is 655. The van der Waals surface area contributed by atoms with E-state index in [2.05, 4.69) is 51.7 Å². The second-order valence-electron chi connectivity index (χ2n) is 8.25. The molecule has 0 bridgehead atoms. The average molecular weight is 546 g/mol. The maximum atomic E-state index is 5.75. The van der Waals surface area contributed by atoms with Gasteiger partial charge in [-0.05, 0) is 30.9 Å². The molecule has 3 rings (SSSR count). The third-order valence-electron chi connectivity index (χ3n) is 5.54. The summed E-state index contributed by atoms with van der Waals surface area (Å²) in [5, 5.41) is 6.77. The molecule has 0 aromatic heterocycles. The molecule has 0 spiro atoms. The van der Waals surface area contributed by atoms with E-state index in [1.54, 1.807) is 0 Å². The van der Waals surface area contributed by atoms with Gasteiger partial charge >= 0.3 is 0 Å². The summed E-state index contributed by atoms with van der Waals surface area (Å²) in [6, 6.07) is 8.78. The van der Waals surface area contributed by atoms with Crippen molar-refractivity contribution in [2.45, 2.75) is 39.0 Å². The second kappa shape index (κ2) is 15.0. The predicted octanol–water partition coefficient (Wildman–Crippen LogP) is 2.63. The van der Waals surface area contributed by atoms with E-state index in [-0.39, 0.29) is 24.0 Å². The molecule has 2 N–H and O–H groups in total. The lowest BCUT2D eigenvalue weighted by Gasteiger charge is -2.31. The van der Waals surface area contributed by atoms with Crippen molar-refractivity contribution in [3.8, 4) is 0 Å². The van der Waals surface area contributed by atoms with E-state index in [9.17, 15) is 0 Å². The van der Waals surface area contributed by atoms with Crippen LogP contribution in [-0.4, -0.2) is 76.7 Å². The number of benzene rings is 1. The fourth-order valence-corrected chi connectivity index (χ4v) is 3.88. The minimum atomic E-state index is 0. The number of aliphatic imine (C=N–C) groups is 1. The lowest BCUT2D eigenvalue weighted by atomic mass is 10.1. The number of rotatable bonds is 10. The molecule has 2 heterocycles. The summed E-state index contributed by atoms with van der Waals surface area (Å²) in [4.78, 5) is 6.78. The van der Waals surface area contributed by atoms with Crippen LogP contribution in [0.5, 0.6) is 0 Å². The summed E-state index contributed by atoms with van der Waals surface area (Å²) in [6.45, 7) is 10.8. The molecule has 1 aromatic carbocycles. The molecule has 2 aliphatic rings. The highest BCUT2D eigenvalue weighted by Crippen LogP contribution is 2.13. The molecule has 0 amide bonds. The number of nitrogens with one attached hydrogen (secondary N) is 2. The van der Waals surface area contributed by atoms with Gasteiger partial charge in [-0.1, -0.05) is 24.3 Å². The molecule has 2 aliphatic heterocycles. The molecular weight excluding hydrogens is 507 g/mol. The normalized spacial score (nSPS) is 22.2. The van der Waals surface area contributed by atoms with E-state index >= 15 is 0 Å². The van der Waals surface area contributed by atoms with Crippen molar-refractivity contribution in [3.05, 3.63) is 35.4 Å². The van der Waals surface area contributed by atoms with Gasteiger partial charge in [-0.15, -0.1) is 24.0 Å². The SMILES string of the molecule is CN=C(NCCCOCC1CCOC1)NCc1cccc(CN2CCOC(C)C2)c1.I. The number of halogens is 1. The number of hydrogen-bond acceptors (Lipinski definition) is 5. The van der Waals surface area contributed by atoms with Crippen molar-refractivity contribution in [2.24, 2.45) is 10.9 Å². The molecule has 0 aliphatic carbocycles. The molecule has 2 saturated heterocycles. The third kappa shape index (κ3) is 10.0. The first-order valence-electron chi connectivity index (χ1n) is 11.2. The van der Waals surface area contributed by atoms with Gasteiger partial charge in [0.1, 0.15) is 0 Å². The van der Waals surface area contributed by atoms with Gasteiger partial charge in [-0.25, -0.2) is 0 Å². The fourth-order valence-electron chi connectivity index (χ4n) is 3.88. The number of morpholine rings is 1. The van der Waals surface area contributed by atoms with Crippen LogP contribution in [0.25, 0.3) is 0 Å². The van der Waals surface area contributed by atoms with Gasteiger partial charge in [0.25, 0.3) is 0 Å². The Morgan fingerprint density at radius 3 is 2.90 bits per heavy atom. The summed E-state index contributed by atoms with van der Waals surface area (Å²) in [6.07, 6.45) is 2.41. The largest absolute Gasteiger partial charge is 0.381 e. The molecule has 2 atom stereocenters. The molecule has 31 heavy (non-hydrogen) atoms. The molecule has 0 radical (unpaired) electrons. The van der Waals surface area contributed by atoms with Crippen molar-refractivity contribution in [2.75, 3.05) is 59.7 Å². The van der Waals surface area contributed by atoms with E-state index < -0.39 is 0 Å². The maximum absolute atomic E-state index is 5.75. The molecule has 7 nitrogen and oxygen atoms in total. The number of guanidine groups is 1. The highest BCUT2D eigenvalue weighted by molar-refractivity contribution is 14.0. The van der Waals surface area contributed by atoms with Gasteiger partial charge in [0.05, 0.1) is 25.9 Å². The highest BCUT2D eigenvalue weighted by atomic mass is 127. The third-order valence-corrected chi connectivity index (χ3v) is 5.54. The zero-order chi connectivity index (χ0) is 21.0. The lowest BCUT2D eigenvalue weighted by molar-refractivity contribution is -0.0212. The summed E-state index contributed by atoms with van der Waals surface area (Å²) < 4.78 is 16.8. The smallest absolute Gasteiger partial charge is 0.191 e. The molecule has 2 fully saturated rings. The van der Waals surface area contributed by atoms with Crippen molar-refractivity contribution in [3.63, 3.8) is 0 Å². The maximum Gasteiger partial charge on any atom is 0.191 e. The first kappa shape index (κ1) is 26.3. The van der Waals surface area contributed by atoms with Crippen LogP contribution >= 0.6 is 24.0 Å². The van der Waals surface area contributed by atoms with Gasteiger partial charge in [-0.2, -0.15) is 0 Å². The number of nitrogens with zero attached hydrogens (tertiary/aromatic N) is 2. The summed E-state index contributed by atoms with van der Waals surface area (Å²) in [5.74, 6) is 1.40. The molecule has 2 unspecified atom stereocenters. The van der Waals surface area contributed by atoms with Crippen molar-refractivity contribution in [1.82, 2.24) is 15.5 Å². The summed E-state index contributed by atoms with van der Waals surface area (Å²) in [5.41, 5.74) is 2.61. The van der Waals surface area contributed by atoms with E-state index in [4.69, 9.17) is 14.2 Å². The van der Waals surface area contributed by atoms with E-state index in [1.807, 2.05) is 7.05 Å². The Hall–Kier alpha value is -0.940. The first-order valence-corrected chi connectivity index (χ1v) is 11.2. The average Bonchev–Trinajstić information content (AvgIpc) is 3.26. The van der Waals surface area contributed by atoms with Crippen molar-refractivity contribution < 1.29 is 14.2 Å². The topological polar surface area (TPSA) is 67.4 Å². The minimum absolute atomic E-state index is 0. The van der Waals surface area contributed by atoms with Gasteiger partial charge in [0.15, 0.2) is 5.96 Å². The molecule has 8 heteroatoms. The number of hydrogen-bond donors (Lipinski definition) is 2. The Morgan fingerprint density at radius 2 is 2.13 bits per heavy atom. The zero-order valence-electron chi connectivity index (χ0n) is 19.0. The monoisotopic (exact) mass is 546 g/mol. The molecule has 0 saturated carbocycles. The van der Waals surface area contributed by atoms with Gasteiger partial charge < -0.3 is 24.8 Å². The quantitative estimate of drug-likeness (QED) is 0.204.